The number of hydrogen-bond donors (Lipinski definition) is 3. The van der Waals surface area contributed by atoms with Crippen molar-refractivity contribution < 1.29 is 14.9 Å². The van der Waals surface area contributed by atoms with Crippen molar-refractivity contribution in [1.29, 1.82) is 5.26 Å². The first-order chi connectivity index (χ1) is 9.19. The second-order valence-electron chi connectivity index (χ2n) is 4.40. The number of ether oxygens (including phenoxy) is 1. The molecular formula is C14H20N2O3. The van der Waals surface area contributed by atoms with E-state index in [0.717, 1.165) is 5.56 Å². The zero-order chi connectivity index (χ0) is 14.1. The predicted octanol–water partition coefficient (Wildman–Crippen LogP) is 0.812. The van der Waals surface area contributed by atoms with E-state index in [1.807, 2.05) is 31.2 Å². The van der Waals surface area contributed by atoms with Crippen molar-refractivity contribution in [3.05, 3.63) is 29.8 Å². The smallest absolute Gasteiger partial charge is 0.174 e. The molecule has 0 heterocycles. The van der Waals surface area contributed by atoms with Gasteiger partial charge in [0, 0.05) is 6.54 Å². The summed E-state index contributed by atoms with van der Waals surface area (Å²) in [7, 11) is 0. The van der Waals surface area contributed by atoms with Crippen LogP contribution in [-0.2, 0) is 6.54 Å². The Morgan fingerprint density at radius 3 is 2.68 bits per heavy atom. The van der Waals surface area contributed by atoms with E-state index >= 15 is 0 Å². The molecule has 0 fully saturated rings. The second-order valence-corrected chi connectivity index (χ2v) is 4.40. The molecule has 0 spiro atoms. The first kappa shape index (κ1) is 15.4. The van der Waals surface area contributed by atoms with Gasteiger partial charge in [-0.2, -0.15) is 5.26 Å². The SMILES string of the molecule is CCC(CO)(CO)NCc1cccc(OCC#N)c1. The maximum atomic E-state index is 9.34. The Hall–Kier alpha value is -1.61. The Bertz CT molecular complexity index is 417. The molecule has 0 bridgehead atoms. The lowest BCUT2D eigenvalue weighted by atomic mass is 9.98. The van der Waals surface area contributed by atoms with Gasteiger partial charge < -0.3 is 20.3 Å². The van der Waals surface area contributed by atoms with Crippen LogP contribution < -0.4 is 10.1 Å². The lowest BCUT2D eigenvalue weighted by Gasteiger charge is -2.30. The van der Waals surface area contributed by atoms with E-state index in [4.69, 9.17) is 10.00 Å². The fourth-order valence-electron chi connectivity index (χ4n) is 1.66. The Kier molecular flexibility index (Phi) is 6.30. The van der Waals surface area contributed by atoms with Gasteiger partial charge in [-0.1, -0.05) is 19.1 Å². The molecule has 0 aliphatic carbocycles. The summed E-state index contributed by atoms with van der Waals surface area (Å²) in [4.78, 5) is 0. The summed E-state index contributed by atoms with van der Waals surface area (Å²) >= 11 is 0. The minimum absolute atomic E-state index is 0.0169. The number of nitriles is 1. The maximum absolute atomic E-state index is 9.34. The van der Waals surface area contributed by atoms with Crippen LogP contribution in [0.4, 0.5) is 0 Å². The zero-order valence-electron chi connectivity index (χ0n) is 11.1. The fourth-order valence-corrected chi connectivity index (χ4v) is 1.66. The number of rotatable bonds is 8. The third kappa shape index (κ3) is 4.52. The molecule has 1 aromatic carbocycles. The summed E-state index contributed by atoms with van der Waals surface area (Å²) < 4.78 is 5.22. The van der Waals surface area contributed by atoms with Crippen LogP contribution in [0.5, 0.6) is 5.75 Å². The van der Waals surface area contributed by atoms with Gasteiger partial charge in [-0.3, -0.25) is 0 Å². The molecule has 0 atom stereocenters. The predicted molar refractivity (Wildman–Crippen MR) is 71.6 cm³/mol. The van der Waals surface area contributed by atoms with Crippen LogP contribution in [0.25, 0.3) is 0 Å². The Morgan fingerprint density at radius 1 is 1.37 bits per heavy atom. The average molecular weight is 264 g/mol. The summed E-state index contributed by atoms with van der Waals surface area (Å²) in [5, 5.41) is 30.3. The third-order valence-corrected chi connectivity index (χ3v) is 3.15. The van der Waals surface area contributed by atoms with Gasteiger partial charge in [-0.15, -0.1) is 0 Å². The van der Waals surface area contributed by atoms with E-state index in [9.17, 15) is 10.2 Å². The van der Waals surface area contributed by atoms with E-state index in [0.29, 0.717) is 18.7 Å². The largest absolute Gasteiger partial charge is 0.479 e. The average Bonchev–Trinajstić information content (AvgIpc) is 2.47. The Labute approximate surface area is 113 Å². The van der Waals surface area contributed by atoms with Crippen LogP contribution in [0.3, 0.4) is 0 Å². The summed E-state index contributed by atoms with van der Waals surface area (Å²) in [5.41, 5.74) is 0.305. The van der Waals surface area contributed by atoms with E-state index in [-0.39, 0.29) is 19.8 Å². The van der Waals surface area contributed by atoms with E-state index in [2.05, 4.69) is 5.32 Å². The van der Waals surface area contributed by atoms with Crippen molar-refractivity contribution in [1.82, 2.24) is 5.32 Å². The van der Waals surface area contributed by atoms with Crippen LogP contribution >= 0.6 is 0 Å². The topological polar surface area (TPSA) is 85.5 Å². The number of benzene rings is 1. The van der Waals surface area contributed by atoms with Crippen LogP contribution in [0, 0.1) is 11.3 Å². The molecular weight excluding hydrogens is 244 g/mol. The molecule has 0 saturated carbocycles. The Balaban J connectivity index is 2.64. The van der Waals surface area contributed by atoms with Crippen LogP contribution in [-0.4, -0.2) is 35.6 Å². The summed E-state index contributed by atoms with van der Waals surface area (Å²) in [6, 6.07) is 9.29. The molecule has 0 unspecified atom stereocenters. The highest BCUT2D eigenvalue weighted by Crippen LogP contribution is 2.15. The third-order valence-electron chi connectivity index (χ3n) is 3.15. The number of aliphatic hydroxyl groups excluding tert-OH is 2. The van der Waals surface area contributed by atoms with E-state index in [1.165, 1.54) is 0 Å². The number of nitrogens with one attached hydrogen (secondary N) is 1. The van der Waals surface area contributed by atoms with Gasteiger partial charge in [0.05, 0.1) is 18.8 Å². The number of aliphatic hydroxyl groups is 2. The fraction of sp³-hybridized carbons (Fsp3) is 0.500. The molecule has 5 heteroatoms. The minimum Gasteiger partial charge on any atom is -0.479 e. The van der Waals surface area contributed by atoms with Gasteiger partial charge in [0.15, 0.2) is 6.61 Å². The van der Waals surface area contributed by atoms with Gasteiger partial charge >= 0.3 is 0 Å². The molecule has 0 aliphatic heterocycles. The first-order valence-corrected chi connectivity index (χ1v) is 6.25. The lowest BCUT2D eigenvalue weighted by molar-refractivity contribution is 0.0864. The monoisotopic (exact) mass is 264 g/mol. The van der Waals surface area contributed by atoms with Gasteiger partial charge in [-0.25, -0.2) is 0 Å². The highest BCUT2D eigenvalue weighted by Gasteiger charge is 2.25. The normalized spacial score (nSPS) is 11.1. The van der Waals surface area contributed by atoms with Gasteiger partial charge in [0.2, 0.25) is 0 Å². The number of hydrogen-bond acceptors (Lipinski definition) is 5. The molecule has 0 amide bonds. The van der Waals surface area contributed by atoms with Gasteiger partial charge in [-0.05, 0) is 24.1 Å². The summed E-state index contributed by atoms with van der Waals surface area (Å²) in [6.07, 6.45) is 0.630. The molecule has 0 aliphatic rings. The molecule has 5 nitrogen and oxygen atoms in total. The van der Waals surface area contributed by atoms with E-state index < -0.39 is 5.54 Å². The van der Waals surface area contributed by atoms with Crippen molar-refractivity contribution in [2.24, 2.45) is 0 Å². The van der Waals surface area contributed by atoms with Crippen molar-refractivity contribution in [3.8, 4) is 11.8 Å². The molecule has 0 aromatic heterocycles. The molecule has 3 N–H and O–H groups in total. The molecule has 1 rings (SSSR count). The van der Waals surface area contributed by atoms with Crippen LogP contribution in [0.15, 0.2) is 24.3 Å². The van der Waals surface area contributed by atoms with Gasteiger partial charge in [0.1, 0.15) is 11.8 Å². The first-order valence-electron chi connectivity index (χ1n) is 6.25. The molecule has 0 saturated heterocycles. The summed E-state index contributed by atoms with van der Waals surface area (Å²) in [5.74, 6) is 0.635. The molecule has 1 aromatic rings. The standard InChI is InChI=1S/C14H20N2O3/c1-2-14(10-17,11-18)16-9-12-4-3-5-13(8-12)19-7-6-15/h3-5,8,16-18H,2,7,9-11H2,1H3. The Morgan fingerprint density at radius 2 is 2.11 bits per heavy atom. The second kappa shape index (κ2) is 7.74. The minimum atomic E-state index is -0.663. The highest BCUT2D eigenvalue weighted by atomic mass is 16.5. The van der Waals surface area contributed by atoms with Crippen LogP contribution in [0.1, 0.15) is 18.9 Å². The van der Waals surface area contributed by atoms with Crippen molar-refractivity contribution in [2.45, 2.75) is 25.4 Å². The molecule has 19 heavy (non-hydrogen) atoms. The zero-order valence-corrected chi connectivity index (χ0v) is 11.1. The van der Waals surface area contributed by atoms with Crippen molar-refractivity contribution in [3.63, 3.8) is 0 Å². The highest BCUT2D eigenvalue weighted by molar-refractivity contribution is 5.28. The van der Waals surface area contributed by atoms with Crippen molar-refractivity contribution in [2.75, 3.05) is 19.8 Å². The van der Waals surface area contributed by atoms with E-state index in [1.54, 1.807) is 6.07 Å². The van der Waals surface area contributed by atoms with Crippen LogP contribution in [0.2, 0.25) is 0 Å². The van der Waals surface area contributed by atoms with Crippen molar-refractivity contribution >= 4 is 0 Å². The molecule has 104 valence electrons. The maximum Gasteiger partial charge on any atom is 0.174 e. The number of nitrogens with zero attached hydrogens (tertiary/aromatic N) is 1. The molecule has 0 radical (unpaired) electrons. The lowest BCUT2D eigenvalue weighted by Crippen LogP contribution is -2.50. The summed E-state index contributed by atoms with van der Waals surface area (Å²) in [6.45, 7) is 2.20. The quantitative estimate of drug-likeness (QED) is 0.647. The van der Waals surface area contributed by atoms with Gasteiger partial charge in [0.25, 0.3) is 0 Å².